The second-order valence-electron chi connectivity index (χ2n) is 5.11. The molecule has 0 saturated carbocycles. The van der Waals surface area contributed by atoms with Crippen molar-refractivity contribution in [3.8, 4) is 23.0 Å². The Morgan fingerprint density at radius 2 is 1.77 bits per heavy atom. The molecule has 2 aromatic carbocycles. The molecule has 2 rings (SSSR count). The quantitative estimate of drug-likeness (QED) is 0.580. The number of hydrogen-bond donors (Lipinski definition) is 1. The van der Waals surface area contributed by atoms with E-state index in [1.807, 2.05) is 13.0 Å². The molecule has 0 aliphatic rings. The number of methoxy groups -OCH3 is 3. The van der Waals surface area contributed by atoms with E-state index in [4.69, 9.17) is 18.9 Å². The molecule has 0 radical (unpaired) electrons. The minimum absolute atomic E-state index is 0.357. The Kier molecular flexibility index (Phi) is 6.84. The summed E-state index contributed by atoms with van der Waals surface area (Å²) in [5.74, 6) is 1.86. The van der Waals surface area contributed by atoms with Crippen LogP contribution in [0.15, 0.2) is 41.5 Å². The van der Waals surface area contributed by atoms with Crippen molar-refractivity contribution in [3.05, 3.63) is 47.5 Å². The van der Waals surface area contributed by atoms with Gasteiger partial charge in [0.15, 0.2) is 11.5 Å². The molecule has 0 aliphatic carbocycles. The normalized spacial score (nSPS) is 10.5. The van der Waals surface area contributed by atoms with Gasteiger partial charge in [0.05, 0.1) is 39.7 Å². The van der Waals surface area contributed by atoms with Crippen molar-refractivity contribution in [1.82, 2.24) is 5.43 Å². The van der Waals surface area contributed by atoms with Crippen LogP contribution in [0.25, 0.3) is 0 Å². The molecule has 7 heteroatoms. The van der Waals surface area contributed by atoms with E-state index in [1.165, 1.54) is 13.3 Å². The zero-order chi connectivity index (χ0) is 18.9. The van der Waals surface area contributed by atoms with Crippen LogP contribution < -0.4 is 24.4 Å². The van der Waals surface area contributed by atoms with Crippen LogP contribution in [0.3, 0.4) is 0 Å². The fourth-order valence-electron chi connectivity index (χ4n) is 2.25. The summed E-state index contributed by atoms with van der Waals surface area (Å²) in [5, 5.41) is 3.98. The van der Waals surface area contributed by atoms with Crippen LogP contribution in [0.2, 0.25) is 0 Å². The van der Waals surface area contributed by atoms with Crippen molar-refractivity contribution >= 4 is 12.1 Å². The van der Waals surface area contributed by atoms with Gasteiger partial charge in [0.1, 0.15) is 11.5 Å². The molecular weight excluding hydrogens is 336 g/mol. The van der Waals surface area contributed by atoms with Crippen LogP contribution >= 0.6 is 0 Å². The van der Waals surface area contributed by atoms with Crippen molar-refractivity contribution in [3.63, 3.8) is 0 Å². The second-order valence-corrected chi connectivity index (χ2v) is 5.11. The van der Waals surface area contributed by atoms with Gasteiger partial charge in [-0.25, -0.2) is 5.43 Å². The van der Waals surface area contributed by atoms with Gasteiger partial charge in [-0.15, -0.1) is 0 Å². The standard InChI is InChI=1S/C19H22N2O5/c1-5-26-18-10-13(6-9-16(18)24-3)12-20-21-19(22)15-8-7-14(23-2)11-17(15)25-4/h6-12H,5H2,1-4H3,(H,21,22). The Morgan fingerprint density at radius 3 is 2.42 bits per heavy atom. The average Bonchev–Trinajstić information content (AvgIpc) is 2.67. The molecule has 1 amide bonds. The van der Waals surface area contributed by atoms with E-state index in [-0.39, 0.29) is 5.91 Å². The number of carbonyl (C=O) groups is 1. The van der Waals surface area contributed by atoms with Gasteiger partial charge in [-0.1, -0.05) is 0 Å². The first kappa shape index (κ1) is 19.1. The summed E-state index contributed by atoms with van der Waals surface area (Å²) in [6, 6.07) is 10.3. The Morgan fingerprint density at radius 1 is 1.00 bits per heavy atom. The van der Waals surface area contributed by atoms with Crippen molar-refractivity contribution in [2.75, 3.05) is 27.9 Å². The summed E-state index contributed by atoms with van der Waals surface area (Å²) in [4.78, 5) is 12.3. The third kappa shape index (κ3) is 4.66. The summed E-state index contributed by atoms with van der Waals surface area (Å²) in [6.07, 6.45) is 1.52. The predicted octanol–water partition coefficient (Wildman–Crippen LogP) is 2.88. The molecule has 0 heterocycles. The highest BCUT2D eigenvalue weighted by molar-refractivity contribution is 5.97. The summed E-state index contributed by atoms with van der Waals surface area (Å²) < 4.78 is 21.1. The van der Waals surface area contributed by atoms with Gasteiger partial charge in [-0.05, 0) is 42.8 Å². The number of amides is 1. The number of carbonyl (C=O) groups excluding carboxylic acids is 1. The number of benzene rings is 2. The minimum Gasteiger partial charge on any atom is -0.497 e. The number of nitrogens with one attached hydrogen (secondary N) is 1. The van der Waals surface area contributed by atoms with E-state index in [2.05, 4.69) is 10.5 Å². The van der Waals surface area contributed by atoms with Gasteiger partial charge in [0.2, 0.25) is 0 Å². The molecule has 138 valence electrons. The first-order chi connectivity index (χ1) is 12.6. The van der Waals surface area contributed by atoms with Crippen LogP contribution in [0, 0.1) is 0 Å². The van der Waals surface area contributed by atoms with Gasteiger partial charge in [0.25, 0.3) is 5.91 Å². The highest BCUT2D eigenvalue weighted by atomic mass is 16.5. The SMILES string of the molecule is CCOc1cc(C=NNC(=O)c2ccc(OC)cc2OC)ccc1OC. The van der Waals surface area contributed by atoms with E-state index in [0.717, 1.165) is 5.56 Å². The lowest BCUT2D eigenvalue weighted by molar-refractivity contribution is 0.0952. The first-order valence-corrected chi connectivity index (χ1v) is 7.99. The fraction of sp³-hybridized carbons (Fsp3) is 0.263. The fourth-order valence-corrected chi connectivity index (χ4v) is 2.25. The van der Waals surface area contributed by atoms with Crippen molar-refractivity contribution in [2.24, 2.45) is 5.10 Å². The molecule has 2 aromatic rings. The molecule has 0 atom stereocenters. The number of ether oxygens (including phenoxy) is 4. The van der Waals surface area contributed by atoms with Gasteiger partial charge in [0, 0.05) is 6.07 Å². The Balaban J connectivity index is 2.10. The maximum atomic E-state index is 12.3. The minimum atomic E-state index is -0.390. The van der Waals surface area contributed by atoms with Crippen LogP contribution in [0.5, 0.6) is 23.0 Å². The van der Waals surface area contributed by atoms with E-state index in [1.54, 1.807) is 44.6 Å². The third-order valence-corrected chi connectivity index (χ3v) is 3.52. The van der Waals surface area contributed by atoms with Gasteiger partial charge in [-0.2, -0.15) is 5.10 Å². The molecule has 1 N–H and O–H groups in total. The Labute approximate surface area is 152 Å². The molecule has 0 unspecified atom stereocenters. The third-order valence-electron chi connectivity index (χ3n) is 3.52. The number of hydrazone groups is 1. The van der Waals surface area contributed by atoms with Crippen LogP contribution in [0.1, 0.15) is 22.8 Å². The summed E-state index contributed by atoms with van der Waals surface area (Å²) in [6.45, 7) is 2.41. The number of nitrogens with zero attached hydrogens (tertiary/aromatic N) is 1. The first-order valence-electron chi connectivity index (χ1n) is 7.99. The molecule has 26 heavy (non-hydrogen) atoms. The largest absolute Gasteiger partial charge is 0.497 e. The lowest BCUT2D eigenvalue weighted by Crippen LogP contribution is -2.18. The van der Waals surface area contributed by atoms with Crippen LogP contribution in [-0.2, 0) is 0 Å². The molecule has 7 nitrogen and oxygen atoms in total. The topological polar surface area (TPSA) is 78.4 Å². The van der Waals surface area contributed by atoms with Gasteiger partial charge >= 0.3 is 0 Å². The maximum absolute atomic E-state index is 12.3. The maximum Gasteiger partial charge on any atom is 0.275 e. The molecule has 0 fully saturated rings. The molecule has 0 aliphatic heterocycles. The van der Waals surface area contributed by atoms with Crippen molar-refractivity contribution < 1.29 is 23.7 Å². The van der Waals surface area contributed by atoms with E-state index in [9.17, 15) is 4.79 Å². The monoisotopic (exact) mass is 358 g/mol. The zero-order valence-corrected chi connectivity index (χ0v) is 15.2. The summed E-state index contributed by atoms with van der Waals surface area (Å²) in [5.41, 5.74) is 3.59. The zero-order valence-electron chi connectivity index (χ0n) is 15.2. The van der Waals surface area contributed by atoms with Gasteiger partial charge in [-0.3, -0.25) is 4.79 Å². The molecule has 0 spiro atoms. The second kappa shape index (κ2) is 9.31. The van der Waals surface area contributed by atoms with Crippen LogP contribution in [0.4, 0.5) is 0 Å². The number of hydrogen-bond acceptors (Lipinski definition) is 6. The summed E-state index contributed by atoms with van der Waals surface area (Å²) >= 11 is 0. The molecule has 0 bridgehead atoms. The lowest BCUT2D eigenvalue weighted by Gasteiger charge is -2.10. The number of rotatable bonds is 8. The molecule has 0 aromatic heterocycles. The summed E-state index contributed by atoms with van der Waals surface area (Å²) in [7, 11) is 4.61. The van der Waals surface area contributed by atoms with E-state index in [0.29, 0.717) is 35.2 Å². The molecular formula is C19H22N2O5. The van der Waals surface area contributed by atoms with E-state index >= 15 is 0 Å². The van der Waals surface area contributed by atoms with Crippen LogP contribution in [-0.4, -0.2) is 40.1 Å². The Bertz CT molecular complexity index is 789. The smallest absolute Gasteiger partial charge is 0.275 e. The predicted molar refractivity (Wildman–Crippen MR) is 98.8 cm³/mol. The van der Waals surface area contributed by atoms with Gasteiger partial charge < -0.3 is 18.9 Å². The highest BCUT2D eigenvalue weighted by Gasteiger charge is 2.12. The molecule has 0 saturated heterocycles. The van der Waals surface area contributed by atoms with Crippen molar-refractivity contribution in [1.29, 1.82) is 0 Å². The van der Waals surface area contributed by atoms with E-state index < -0.39 is 0 Å². The average molecular weight is 358 g/mol. The highest BCUT2D eigenvalue weighted by Crippen LogP contribution is 2.27. The Hall–Kier alpha value is -3.22. The lowest BCUT2D eigenvalue weighted by atomic mass is 10.2. The van der Waals surface area contributed by atoms with Crippen molar-refractivity contribution in [2.45, 2.75) is 6.92 Å².